The predicted octanol–water partition coefficient (Wildman–Crippen LogP) is 5.02. The lowest BCUT2D eigenvalue weighted by molar-refractivity contribution is -0.130. The number of carbonyl (C=O) groups excluding carboxylic acids is 3. The van der Waals surface area contributed by atoms with Crippen molar-refractivity contribution in [3.05, 3.63) is 93.4 Å². The van der Waals surface area contributed by atoms with Crippen molar-refractivity contribution in [2.45, 2.75) is 32.9 Å². The quantitative estimate of drug-likeness (QED) is 0.317. The van der Waals surface area contributed by atoms with Gasteiger partial charge in [0, 0.05) is 21.8 Å². The van der Waals surface area contributed by atoms with E-state index in [1.165, 1.54) is 4.88 Å². The molecule has 0 radical (unpaired) electrons. The summed E-state index contributed by atoms with van der Waals surface area (Å²) in [4.78, 5) is 41.9. The minimum absolute atomic E-state index is 0.254. The van der Waals surface area contributed by atoms with Gasteiger partial charge in [0.1, 0.15) is 5.54 Å². The first-order valence-corrected chi connectivity index (χ1v) is 12.0. The molecular formula is C27H25N3O3S. The van der Waals surface area contributed by atoms with Crippen molar-refractivity contribution in [1.29, 1.82) is 0 Å². The summed E-state index contributed by atoms with van der Waals surface area (Å²) < 4.78 is 2.09. The molecule has 1 unspecified atom stereocenters. The van der Waals surface area contributed by atoms with Crippen LogP contribution in [0, 0.1) is 13.8 Å². The number of nitrogens with zero attached hydrogens (tertiary/aromatic N) is 2. The van der Waals surface area contributed by atoms with Gasteiger partial charge in [-0.05, 0) is 54.6 Å². The van der Waals surface area contributed by atoms with Gasteiger partial charge >= 0.3 is 6.03 Å². The fraction of sp³-hybridized carbons (Fsp3) is 0.222. The van der Waals surface area contributed by atoms with Gasteiger partial charge in [-0.15, -0.1) is 11.3 Å². The summed E-state index contributed by atoms with van der Waals surface area (Å²) in [5.41, 5.74) is 1.81. The number of aromatic nitrogens is 1. The number of thiophene rings is 1. The highest BCUT2D eigenvalue weighted by Crippen LogP contribution is 2.34. The van der Waals surface area contributed by atoms with Crippen molar-refractivity contribution in [3.8, 4) is 0 Å². The van der Waals surface area contributed by atoms with Crippen LogP contribution < -0.4 is 5.32 Å². The van der Waals surface area contributed by atoms with E-state index < -0.39 is 17.5 Å². The van der Waals surface area contributed by atoms with E-state index in [0.717, 1.165) is 27.1 Å². The minimum Gasteiger partial charge on any atom is -0.343 e. The monoisotopic (exact) mass is 471 g/mol. The summed E-state index contributed by atoms with van der Waals surface area (Å²) in [6.45, 7) is 5.95. The third-order valence-corrected chi connectivity index (χ3v) is 7.53. The van der Waals surface area contributed by atoms with E-state index in [1.807, 2.05) is 73.8 Å². The van der Waals surface area contributed by atoms with E-state index in [1.54, 1.807) is 18.3 Å². The van der Waals surface area contributed by atoms with Crippen molar-refractivity contribution in [1.82, 2.24) is 14.8 Å². The number of urea groups is 1. The van der Waals surface area contributed by atoms with Crippen LogP contribution in [0.2, 0.25) is 0 Å². The Morgan fingerprint density at radius 1 is 1.03 bits per heavy atom. The zero-order valence-electron chi connectivity index (χ0n) is 19.3. The lowest BCUT2D eigenvalue weighted by Crippen LogP contribution is -2.41. The Bertz CT molecular complexity index is 1430. The van der Waals surface area contributed by atoms with Gasteiger partial charge in [-0.25, -0.2) is 4.79 Å². The average molecular weight is 472 g/mol. The van der Waals surface area contributed by atoms with Gasteiger partial charge in [0.05, 0.1) is 13.1 Å². The molecule has 3 heterocycles. The molecule has 172 valence electrons. The molecule has 34 heavy (non-hydrogen) atoms. The number of carbonyl (C=O) groups is 3. The predicted molar refractivity (Wildman–Crippen MR) is 133 cm³/mol. The fourth-order valence-corrected chi connectivity index (χ4v) is 5.49. The molecule has 3 amide bonds. The number of hydrogen-bond donors (Lipinski definition) is 1. The molecular weight excluding hydrogens is 446 g/mol. The number of nitrogens with one attached hydrogen (secondary N) is 1. The minimum atomic E-state index is -1.24. The Hall–Kier alpha value is -3.71. The van der Waals surface area contributed by atoms with Crippen LogP contribution in [0.15, 0.2) is 66.0 Å². The highest BCUT2D eigenvalue weighted by Gasteiger charge is 2.50. The average Bonchev–Trinajstić information content (AvgIpc) is 3.50. The number of Topliss-reactive ketones (excluding diaryl/α,β-unsaturated/α-hetero) is 1. The van der Waals surface area contributed by atoms with Crippen molar-refractivity contribution >= 4 is 39.8 Å². The van der Waals surface area contributed by atoms with Crippen molar-refractivity contribution in [3.63, 3.8) is 0 Å². The maximum absolute atomic E-state index is 13.5. The van der Waals surface area contributed by atoms with Gasteiger partial charge in [0.15, 0.2) is 5.78 Å². The largest absolute Gasteiger partial charge is 0.343 e. The molecule has 1 aliphatic rings. The maximum atomic E-state index is 13.5. The first-order chi connectivity index (χ1) is 16.3. The molecule has 1 atom stereocenters. The maximum Gasteiger partial charge on any atom is 0.325 e. The summed E-state index contributed by atoms with van der Waals surface area (Å²) >= 11 is 1.67. The number of amides is 3. The molecule has 2 aromatic carbocycles. The Balaban J connectivity index is 1.42. The molecule has 1 aliphatic heterocycles. The van der Waals surface area contributed by atoms with E-state index in [9.17, 15) is 14.4 Å². The van der Waals surface area contributed by atoms with Crippen LogP contribution in [0.5, 0.6) is 0 Å². The second kappa shape index (κ2) is 8.25. The van der Waals surface area contributed by atoms with Gasteiger partial charge in [-0.3, -0.25) is 14.5 Å². The Kier molecular flexibility index (Phi) is 5.37. The van der Waals surface area contributed by atoms with Crippen molar-refractivity contribution < 1.29 is 14.4 Å². The van der Waals surface area contributed by atoms with Crippen LogP contribution in [0.1, 0.15) is 39.1 Å². The van der Waals surface area contributed by atoms with Gasteiger partial charge < -0.3 is 9.88 Å². The third kappa shape index (κ3) is 3.53. The zero-order valence-corrected chi connectivity index (χ0v) is 20.1. The second-order valence-corrected chi connectivity index (χ2v) is 9.88. The Morgan fingerprint density at radius 3 is 2.56 bits per heavy atom. The summed E-state index contributed by atoms with van der Waals surface area (Å²) in [6, 6.07) is 18.8. The SMILES string of the molecule is Cc1cc(C(=O)CN2C(=O)NC(C)(c3cccc4ccccc34)C2=O)c(C)n1Cc1cccs1. The van der Waals surface area contributed by atoms with E-state index in [0.29, 0.717) is 17.7 Å². The van der Waals surface area contributed by atoms with Crippen molar-refractivity contribution in [2.24, 2.45) is 0 Å². The highest BCUT2D eigenvalue weighted by molar-refractivity contribution is 7.09. The molecule has 7 heteroatoms. The third-order valence-electron chi connectivity index (χ3n) is 6.67. The molecule has 0 bridgehead atoms. The molecule has 2 aromatic heterocycles. The Morgan fingerprint density at radius 2 is 1.79 bits per heavy atom. The molecule has 6 nitrogen and oxygen atoms in total. The van der Waals surface area contributed by atoms with E-state index in [4.69, 9.17) is 0 Å². The van der Waals surface area contributed by atoms with Gasteiger partial charge in [-0.2, -0.15) is 0 Å². The number of hydrogen-bond acceptors (Lipinski definition) is 4. The van der Waals surface area contributed by atoms with E-state index >= 15 is 0 Å². The molecule has 0 aliphatic carbocycles. The summed E-state index contributed by atoms with van der Waals surface area (Å²) in [6.07, 6.45) is 0. The lowest BCUT2D eigenvalue weighted by Gasteiger charge is -2.24. The standard InChI is InChI=1S/C27H25N3O3S/c1-17-14-22(18(2)29(17)15-20-10-7-13-34-20)24(31)16-30-25(32)27(3,28-26(30)33)23-12-6-9-19-8-4-5-11-21(19)23/h4-14H,15-16H2,1-3H3,(H,28,33). The van der Waals surface area contributed by atoms with Crippen LogP contribution in [0.3, 0.4) is 0 Å². The number of ketones is 1. The van der Waals surface area contributed by atoms with Gasteiger partial charge in [0.2, 0.25) is 0 Å². The van der Waals surface area contributed by atoms with Crippen LogP contribution in [-0.4, -0.2) is 33.7 Å². The van der Waals surface area contributed by atoms with Crippen molar-refractivity contribution in [2.75, 3.05) is 6.54 Å². The summed E-state index contributed by atoms with van der Waals surface area (Å²) in [7, 11) is 0. The number of aryl methyl sites for hydroxylation is 1. The number of benzene rings is 2. The normalized spacial score (nSPS) is 18.0. The lowest BCUT2D eigenvalue weighted by atomic mass is 9.88. The molecule has 0 saturated carbocycles. The van der Waals surface area contributed by atoms with E-state index in [-0.39, 0.29) is 12.3 Å². The number of rotatable bonds is 6. The topological polar surface area (TPSA) is 71.4 Å². The highest BCUT2D eigenvalue weighted by atomic mass is 32.1. The summed E-state index contributed by atoms with van der Waals surface area (Å²) in [5, 5.41) is 6.74. The number of imide groups is 1. The summed E-state index contributed by atoms with van der Waals surface area (Å²) in [5.74, 6) is -0.675. The zero-order chi connectivity index (χ0) is 24.0. The molecule has 5 rings (SSSR count). The second-order valence-electron chi connectivity index (χ2n) is 8.85. The van der Waals surface area contributed by atoms with Gasteiger partial charge in [-0.1, -0.05) is 48.5 Å². The smallest absolute Gasteiger partial charge is 0.325 e. The fourth-order valence-electron chi connectivity index (χ4n) is 4.80. The van der Waals surface area contributed by atoms with Crippen LogP contribution in [-0.2, 0) is 16.9 Å². The molecule has 0 spiro atoms. The van der Waals surface area contributed by atoms with Crippen LogP contribution >= 0.6 is 11.3 Å². The number of fused-ring (bicyclic) bond motifs is 1. The van der Waals surface area contributed by atoms with Crippen LogP contribution in [0.4, 0.5) is 4.79 Å². The Labute approximate surface area is 201 Å². The molecule has 1 fully saturated rings. The van der Waals surface area contributed by atoms with E-state index in [2.05, 4.69) is 16.0 Å². The van der Waals surface area contributed by atoms with Gasteiger partial charge in [0.25, 0.3) is 5.91 Å². The molecule has 1 saturated heterocycles. The molecule has 1 N–H and O–H groups in total. The van der Waals surface area contributed by atoms with Crippen LogP contribution in [0.25, 0.3) is 10.8 Å². The first kappa shape index (κ1) is 22.1. The molecule has 4 aromatic rings. The first-order valence-electron chi connectivity index (χ1n) is 11.1.